The minimum Gasteiger partial charge on any atom is -0.492 e. The number of ether oxygens (including phenoxy) is 1. The van der Waals surface area contributed by atoms with Gasteiger partial charge in [-0.2, -0.15) is 0 Å². The third-order valence-electron chi connectivity index (χ3n) is 3.77. The molecule has 0 saturated carbocycles. The molecule has 0 bridgehead atoms. The van der Waals surface area contributed by atoms with Crippen molar-refractivity contribution in [3.8, 4) is 5.75 Å². The Hall–Kier alpha value is -1.09. The zero-order valence-corrected chi connectivity index (χ0v) is 12.0. The second-order valence-corrected chi connectivity index (χ2v) is 5.35. The summed E-state index contributed by atoms with van der Waals surface area (Å²) in [4.78, 5) is 12.4. The molecule has 1 aliphatic rings. The van der Waals surface area contributed by atoms with Crippen LogP contribution >= 0.6 is 11.6 Å². The van der Waals surface area contributed by atoms with Crippen molar-refractivity contribution in [2.24, 2.45) is 5.92 Å². The Bertz CT molecular complexity index is 499. The van der Waals surface area contributed by atoms with Crippen molar-refractivity contribution in [2.45, 2.75) is 39.0 Å². The fourth-order valence-corrected chi connectivity index (χ4v) is 3.05. The number of hydrogen-bond acceptors (Lipinski definition) is 2. The summed E-state index contributed by atoms with van der Waals surface area (Å²) in [6, 6.07) is 1.28. The van der Waals surface area contributed by atoms with E-state index in [2.05, 4.69) is 6.92 Å². The molecule has 0 saturated heterocycles. The lowest BCUT2D eigenvalue weighted by atomic mass is 9.80. The summed E-state index contributed by atoms with van der Waals surface area (Å²) >= 11 is 6.13. The summed E-state index contributed by atoms with van der Waals surface area (Å²) in [6.45, 7) is 2.10. The average molecular weight is 285 g/mol. The third kappa shape index (κ3) is 2.62. The first-order valence-corrected chi connectivity index (χ1v) is 7.07. The lowest BCUT2D eigenvalue weighted by Gasteiger charge is -2.25. The van der Waals surface area contributed by atoms with Crippen molar-refractivity contribution in [1.82, 2.24) is 0 Å². The predicted octanol–water partition coefficient (Wildman–Crippen LogP) is 4.42. The van der Waals surface area contributed by atoms with Gasteiger partial charge in [-0.3, -0.25) is 4.79 Å². The van der Waals surface area contributed by atoms with Crippen LogP contribution in [-0.4, -0.2) is 12.9 Å². The second-order valence-electron chi connectivity index (χ2n) is 4.97. The van der Waals surface area contributed by atoms with E-state index in [0.717, 1.165) is 31.2 Å². The average Bonchev–Trinajstić information content (AvgIpc) is 2.39. The molecule has 0 aromatic heterocycles. The Morgan fingerprint density at radius 1 is 1.53 bits per heavy atom. The van der Waals surface area contributed by atoms with Gasteiger partial charge in [0.05, 0.1) is 12.1 Å². The smallest absolute Gasteiger partial charge is 0.173 e. The van der Waals surface area contributed by atoms with E-state index in [0.29, 0.717) is 12.0 Å². The Morgan fingerprint density at radius 3 is 2.89 bits per heavy atom. The maximum absolute atomic E-state index is 13.8. The van der Waals surface area contributed by atoms with Crippen LogP contribution in [0.15, 0.2) is 6.07 Å². The molecule has 1 aliphatic carbocycles. The van der Waals surface area contributed by atoms with Gasteiger partial charge in [0, 0.05) is 11.5 Å². The zero-order chi connectivity index (χ0) is 14.0. The van der Waals surface area contributed by atoms with Crippen molar-refractivity contribution < 1.29 is 13.9 Å². The van der Waals surface area contributed by atoms with Gasteiger partial charge in [0.1, 0.15) is 0 Å². The third-order valence-corrected chi connectivity index (χ3v) is 4.17. The first-order valence-electron chi connectivity index (χ1n) is 6.69. The molecule has 0 amide bonds. The summed E-state index contributed by atoms with van der Waals surface area (Å²) < 4.78 is 18.8. The molecular formula is C15H18ClFO2. The topological polar surface area (TPSA) is 26.3 Å². The maximum atomic E-state index is 13.8. The highest BCUT2D eigenvalue weighted by atomic mass is 35.5. The van der Waals surface area contributed by atoms with E-state index in [1.165, 1.54) is 13.2 Å². The van der Waals surface area contributed by atoms with Crippen molar-refractivity contribution >= 4 is 17.4 Å². The van der Waals surface area contributed by atoms with E-state index in [9.17, 15) is 9.18 Å². The molecule has 0 spiro atoms. The number of fused-ring (bicyclic) bond motifs is 1. The summed E-state index contributed by atoms with van der Waals surface area (Å²) in [5.74, 6) is -0.481. The van der Waals surface area contributed by atoms with Crippen LogP contribution in [0.1, 0.15) is 48.5 Å². The Labute approximate surface area is 117 Å². The van der Waals surface area contributed by atoms with Crippen LogP contribution in [0, 0.1) is 11.7 Å². The van der Waals surface area contributed by atoms with Crippen LogP contribution in [0.25, 0.3) is 0 Å². The van der Waals surface area contributed by atoms with Gasteiger partial charge in [0.15, 0.2) is 17.3 Å². The van der Waals surface area contributed by atoms with Crippen molar-refractivity contribution in [1.29, 1.82) is 0 Å². The molecular weight excluding hydrogens is 267 g/mol. The standard InChI is InChI=1S/C15H18ClFO2/c1-3-4-5-9-6-7-10-11(14(9)18)8-12(17)15(19-2)13(10)16/h8-9H,3-7H2,1-2H3. The number of benzene rings is 1. The van der Waals surface area contributed by atoms with Crippen LogP contribution in [0.3, 0.4) is 0 Å². The fraction of sp³-hybridized carbons (Fsp3) is 0.533. The second kappa shape index (κ2) is 5.91. The van der Waals surface area contributed by atoms with Gasteiger partial charge in [0.2, 0.25) is 0 Å². The Kier molecular flexibility index (Phi) is 4.46. The number of unbranched alkanes of at least 4 members (excludes halogenated alkanes) is 1. The monoisotopic (exact) mass is 284 g/mol. The van der Waals surface area contributed by atoms with Crippen LogP contribution in [0.5, 0.6) is 5.75 Å². The molecule has 1 atom stereocenters. The SMILES string of the molecule is CCCCC1CCc2c(cc(F)c(OC)c2Cl)C1=O. The van der Waals surface area contributed by atoms with Gasteiger partial charge >= 0.3 is 0 Å². The summed E-state index contributed by atoms with van der Waals surface area (Å²) in [5, 5.41) is 0.250. The van der Waals surface area contributed by atoms with Crippen LogP contribution in [-0.2, 0) is 6.42 Å². The Balaban J connectivity index is 2.37. The summed E-state index contributed by atoms with van der Waals surface area (Å²) in [7, 11) is 1.38. The molecule has 104 valence electrons. The fourth-order valence-electron chi connectivity index (χ4n) is 2.69. The van der Waals surface area contributed by atoms with Gasteiger partial charge in [-0.05, 0) is 30.9 Å². The first-order chi connectivity index (χ1) is 9.10. The molecule has 2 nitrogen and oxygen atoms in total. The largest absolute Gasteiger partial charge is 0.492 e. The van der Waals surface area contributed by atoms with Gasteiger partial charge in [0.25, 0.3) is 0 Å². The lowest BCUT2D eigenvalue weighted by Crippen LogP contribution is -2.23. The van der Waals surface area contributed by atoms with Crippen molar-refractivity contribution in [3.05, 3.63) is 28.0 Å². The van der Waals surface area contributed by atoms with Gasteiger partial charge in [-0.1, -0.05) is 31.4 Å². The van der Waals surface area contributed by atoms with Crippen LogP contribution in [0.4, 0.5) is 4.39 Å². The van der Waals surface area contributed by atoms with Crippen molar-refractivity contribution in [3.63, 3.8) is 0 Å². The molecule has 1 aromatic carbocycles. The van der Waals surface area contributed by atoms with Gasteiger partial charge in [-0.15, -0.1) is 0 Å². The number of ketones is 1. The predicted molar refractivity (Wildman–Crippen MR) is 73.6 cm³/mol. The Morgan fingerprint density at radius 2 is 2.26 bits per heavy atom. The molecule has 4 heteroatoms. The molecule has 19 heavy (non-hydrogen) atoms. The number of rotatable bonds is 4. The van der Waals surface area contributed by atoms with E-state index in [1.807, 2.05) is 0 Å². The highest BCUT2D eigenvalue weighted by molar-refractivity contribution is 6.33. The molecule has 1 unspecified atom stereocenters. The summed E-state index contributed by atoms with van der Waals surface area (Å²) in [5.41, 5.74) is 1.17. The molecule has 0 radical (unpaired) electrons. The minimum atomic E-state index is -0.559. The van der Waals surface area contributed by atoms with Crippen LogP contribution in [0.2, 0.25) is 5.02 Å². The van der Waals surface area contributed by atoms with Crippen molar-refractivity contribution in [2.75, 3.05) is 7.11 Å². The highest BCUT2D eigenvalue weighted by Gasteiger charge is 2.30. The number of Topliss-reactive ketones (excluding diaryl/α,β-unsaturated/α-hetero) is 1. The summed E-state index contributed by atoms with van der Waals surface area (Å²) in [6.07, 6.45) is 4.47. The zero-order valence-electron chi connectivity index (χ0n) is 11.3. The minimum absolute atomic E-state index is 0.0105. The quantitative estimate of drug-likeness (QED) is 0.818. The first kappa shape index (κ1) is 14.3. The molecule has 2 rings (SSSR count). The molecule has 0 aliphatic heterocycles. The van der Waals surface area contributed by atoms with E-state index < -0.39 is 5.82 Å². The van der Waals surface area contributed by atoms with E-state index in [4.69, 9.17) is 16.3 Å². The number of carbonyl (C=O) groups is 1. The van der Waals surface area contributed by atoms with E-state index >= 15 is 0 Å². The highest BCUT2D eigenvalue weighted by Crippen LogP contribution is 2.39. The number of methoxy groups -OCH3 is 1. The van der Waals surface area contributed by atoms with Crippen LogP contribution < -0.4 is 4.74 Å². The number of halogens is 2. The number of carbonyl (C=O) groups excluding carboxylic acids is 1. The number of hydrogen-bond donors (Lipinski definition) is 0. The molecule has 0 fully saturated rings. The lowest BCUT2D eigenvalue weighted by molar-refractivity contribution is 0.0892. The molecule has 1 aromatic rings. The normalized spacial score (nSPS) is 18.3. The van der Waals surface area contributed by atoms with Gasteiger partial charge < -0.3 is 4.74 Å². The van der Waals surface area contributed by atoms with E-state index in [-0.39, 0.29) is 22.5 Å². The van der Waals surface area contributed by atoms with Gasteiger partial charge in [-0.25, -0.2) is 4.39 Å². The molecule has 0 heterocycles. The van der Waals surface area contributed by atoms with E-state index in [1.54, 1.807) is 0 Å². The maximum Gasteiger partial charge on any atom is 0.173 e. The molecule has 0 N–H and O–H groups in total.